The number of aromatic carboxylic acids is 1. The molecular formula is C12H19NO3S. The lowest BCUT2D eigenvalue weighted by Gasteiger charge is -2.29. The van der Waals surface area contributed by atoms with Gasteiger partial charge in [-0.2, -0.15) is 0 Å². The van der Waals surface area contributed by atoms with Crippen molar-refractivity contribution in [2.75, 3.05) is 6.61 Å². The van der Waals surface area contributed by atoms with Gasteiger partial charge in [-0.05, 0) is 26.7 Å². The molecule has 0 radical (unpaired) electrons. The predicted molar refractivity (Wildman–Crippen MR) is 67.7 cm³/mol. The van der Waals surface area contributed by atoms with Crippen LogP contribution in [0.25, 0.3) is 0 Å². The van der Waals surface area contributed by atoms with E-state index >= 15 is 0 Å². The smallest absolute Gasteiger partial charge is 0.355 e. The molecule has 0 unspecified atom stereocenters. The molecule has 1 rings (SSSR count). The van der Waals surface area contributed by atoms with Gasteiger partial charge in [0.15, 0.2) is 5.69 Å². The standard InChI is InChI=1S/C12H19NO3S/c1-5-12(6-2,16-7-3)11-13-9(10(14)15)8(4)17-11/h5-7H2,1-4H3,(H,14,15). The highest BCUT2D eigenvalue weighted by atomic mass is 32.1. The van der Waals surface area contributed by atoms with Crippen LogP contribution in [0.15, 0.2) is 0 Å². The highest BCUT2D eigenvalue weighted by molar-refractivity contribution is 7.12. The summed E-state index contributed by atoms with van der Waals surface area (Å²) in [6, 6.07) is 0. The van der Waals surface area contributed by atoms with Crippen LogP contribution in [0.1, 0.15) is 54.0 Å². The fraction of sp³-hybridized carbons (Fsp3) is 0.667. The number of nitrogens with zero attached hydrogens (tertiary/aromatic N) is 1. The van der Waals surface area contributed by atoms with Gasteiger partial charge in [0, 0.05) is 11.5 Å². The molecule has 0 amide bonds. The van der Waals surface area contributed by atoms with E-state index in [9.17, 15) is 4.79 Å². The molecule has 0 atom stereocenters. The first-order valence-corrected chi connectivity index (χ1v) is 6.67. The summed E-state index contributed by atoms with van der Waals surface area (Å²) in [5.41, 5.74) is -0.284. The van der Waals surface area contributed by atoms with Gasteiger partial charge >= 0.3 is 5.97 Å². The van der Waals surface area contributed by atoms with Crippen LogP contribution < -0.4 is 0 Å². The van der Waals surface area contributed by atoms with E-state index in [1.807, 2.05) is 20.8 Å². The van der Waals surface area contributed by atoms with E-state index < -0.39 is 11.6 Å². The van der Waals surface area contributed by atoms with Gasteiger partial charge < -0.3 is 9.84 Å². The molecule has 17 heavy (non-hydrogen) atoms. The maximum Gasteiger partial charge on any atom is 0.355 e. The van der Waals surface area contributed by atoms with Crippen molar-refractivity contribution in [1.82, 2.24) is 4.98 Å². The Bertz CT molecular complexity index is 396. The van der Waals surface area contributed by atoms with Gasteiger partial charge in [-0.15, -0.1) is 11.3 Å². The summed E-state index contributed by atoms with van der Waals surface area (Å²) in [6.45, 7) is 8.40. The van der Waals surface area contributed by atoms with Crippen molar-refractivity contribution < 1.29 is 14.6 Å². The summed E-state index contributed by atoms with van der Waals surface area (Å²) in [4.78, 5) is 16.0. The van der Waals surface area contributed by atoms with Crippen LogP contribution in [-0.4, -0.2) is 22.7 Å². The number of hydrogen-bond donors (Lipinski definition) is 1. The molecule has 0 aliphatic heterocycles. The molecule has 0 aliphatic rings. The zero-order chi connectivity index (χ0) is 13.1. The van der Waals surface area contributed by atoms with Crippen molar-refractivity contribution in [3.8, 4) is 0 Å². The first-order valence-electron chi connectivity index (χ1n) is 5.85. The molecule has 0 saturated heterocycles. The van der Waals surface area contributed by atoms with Crippen LogP contribution in [0.2, 0.25) is 0 Å². The third-order valence-electron chi connectivity index (χ3n) is 2.95. The number of carboxylic acids is 1. The highest BCUT2D eigenvalue weighted by Crippen LogP contribution is 2.36. The van der Waals surface area contributed by atoms with E-state index in [2.05, 4.69) is 4.98 Å². The molecule has 0 spiro atoms. The van der Waals surface area contributed by atoms with Crippen LogP contribution in [0.5, 0.6) is 0 Å². The third-order valence-corrected chi connectivity index (χ3v) is 4.11. The molecule has 0 saturated carbocycles. The largest absolute Gasteiger partial charge is 0.476 e. The molecule has 1 heterocycles. The number of carboxylic acid groups (broad SMARTS) is 1. The SMILES string of the molecule is CCOC(CC)(CC)c1nc(C(=O)O)c(C)s1. The Morgan fingerprint density at radius 1 is 1.41 bits per heavy atom. The molecule has 0 aliphatic carbocycles. The van der Waals surface area contributed by atoms with Gasteiger partial charge in [0.2, 0.25) is 0 Å². The first kappa shape index (κ1) is 14.1. The molecular weight excluding hydrogens is 238 g/mol. The number of ether oxygens (including phenoxy) is 1. The van der Waals surface area contributed by atoms with Gasteiger partial charge in [-0.25, -0.2) is 9.78 Å². The van der Waals surface area contributed by atoms with Crippen LogP contribution >= 0.6 is 11.3 Å². The van der Waals surface area contributed by atoms with Crippen LogP contribution in [0, 0.1) is 6.92 Å². The van der Waals surface area contributed by atoms with Gasteiger partial charge in [0.1, 0.15) is 10.6 Å². The average molecular weight is 257 g/mol. The summed E-state index contributed by atoms with van der Waals surface area (Å²) >= 11 is 1.42. The molecule has 1 aromatic heterocycles. The average Bonchev–Trinajstić information content (AvgIpc) is 2.69. The van der Waals surface area contributed by atoms with Crippen LogP contribution in [-0.2, 0) is 10.3 Å². The lowest BCUT2D eigenvalue weighted by Crippen LogP contribution is -2.28. The maximum absolute atomic E-state index is 11.0. The summed E-state index contributed by atoms with van der Waals surface area (Å²) in [6.07, 6.45) is 1.59. The minimum absolute atomic E-state index is 0.149. The zero-order valence-corrected chi connectivity index (χ0v) is 11.6. The van der Waals surface area contributed by atoms with E-state index in [1.165, 1.54) is 11.3 Å². The normalized spacial score (nSPS) is 11.8. The lowest BCUT2D eigenvalue weighted by molar-refractivity contribution is -0.0507. The first-order chi connectivity index (χ1) is 8.00. The number of hydrogen-bond acceptors (Lipinski definition) is 4. The van der Waals surface area contributed by atoms with E-state index in [1.54, 1.807) is 6.92 Å². The van der Waals surface area contributed by atoms with Gasteiger partial charge in [0.05, 0.1) is 0 Å². The quantitative estimate of drug-likeness (QED) is 0.850. The number of aromatic nitrogens is 1. The van der Waals surface area contributed by atoms with E-state index in [0.717, 1.165) is 22.7 Å². The minimum atomic E-state index is -0.970. The monoisotopic (exact) mass is 257 g/mol. The minimum Gasteiger partial charge on any atom is -0.476 e. The van der Waals surface area contributed by atoms with Crippen molar-refractivity contribution in [3.63, 3.8) is 0 Å². The molecule has 5 heteroatoms. The summed E-state index contributed by atoms with van der Waals surface area (Å²) in [5, 5.41) is 9.80. The highest BCUT2D eigenvalue weighted by Gasteiger charge is 2.33. The van der Waals surface area contributed by atoms with Crippen molar-refractivity contribution in [2.45, 2.75) is 46.1 Å². The molecule has 0 bridgehead atoms. The third kappa shape index (κ3) is 2.66. The van der Waals surface area contributed by atoms with Crippen molar-refractivity contribution in [3.05, 3.63) is 15.6 Å². The molecule has 0 fully saturated rings. The van der Waals surface area contributed by atoms with E-state index in [0.29, 0.717) is 6.61 Å². The Morgan fingerprint density at radius 2 is 2.00 bits per heavy atom. The van der Waals surface area contributed by atoms with Gasteiger partial charge in [0.25, 0.3) is 0 Å². The Kier molecular flexibility index (Phi) is 4.65. The number of aryl methyl sites for hydroxylation is 1. The Morgan fingerprint density at radius 3 is 2.35 bits per heavy atom. The fourth-order valence-electron chi connectivity index (χ4n) is 1.88. The molecule has 1 aromatic rings. The maximum atomic E-state index is 11.0. The number of rotatable bonds is 6. The molecule has 1 N–H and O–H groups in total. The van der Waals surface area contributed by atoms with Crippen molar-refractivity contribution in [1.29, 1.82) is 0 Å². The van der Waals surface area contributed by atoms with Gasteiger partial charge in [-0.1, -0.05) is 13.8 Å². The van der Waals surface area contributed by atoms with Crippen LogP contribution in [0.4, 0.5) is 0 Å². The van der Waals surface area contributed by atoms with Crippen molar-refractivity contribution >= 4 is 17.3 Å². The van der Waals surface area contributed by atoms with E-state index in [4.69, 9.17) is 9.84 Å². The number of thiazole rings is 1. The Balaban J connectivity index is 3.19. The fourth-order valence-corrected chi connectivity index (χ4v) is 3.07. The topological polar surface area (TPSA) is 59.4 Å². The molecule has 0 aromatic carbocycles. The second-order valence-electron chi connectivity index (χ2n) is 3.86. The number of carbonyl (C=O) groups is 1. The van der Waals surface area contributed by atoms with E-state index in [-0.39, 0.29) is 5.69 Å². The summed E-state index contributed by atoms with van der Waals surface area (Å²) < 4.78 is 5.82. The molecule has 4 nitrogen and oxygen atoms in total. The lowest BCUT2D eigenvalue weighted by atomic mass is 9.98. The van der Waals surface area contributed by atoms with Gasteiger partial charge in [-0.3, -0.25) is 0 Å². The summed E-state index contributed by atoms with van der Waals surface area (Å²) in [5.74, 6) is -0.970. The predicted octanol–water partition coefficient (Wildman–Crippen LogP) is 3.20. The molecule has 96 valence electrons. The summed E-state index contributed by atoms with van der Waals surface area (Å²) in [7, 11) is 0. The Hall–Kier alpha value is -0.940. The van der Waals surface area contributed by atoms with Crippen LogP contribution in [0.3, 0.4) is 0 Å². The van der Waals surface area contributed by atoms with Crippen molar-refractivity contribution in [2.24, 2.45) is 0 Å². The zero-order valence-electron chi connectivity index (χ0n) is 10.7. The second-order valence-corrected chi connectivity index (χ2v) is 5.07. The Labute approximate surface area is 106 Å². The second kappa shape index (κ2) is 5.60.